The van der Waals surface area contributed by atoms with Crippen LogP contribution in [0.2, 0.25) is 0 Å². The molecule has 2 aromatic heterocycles. The second kappa shape index (κ2) is 6.60. The first-order valence-corrected chi connectivity index (χ1v) is 8.18. The van der Waals surface area contributed by atoms with Gasteiger partial charge in [0.25, 0.3) is 5.91 Å². The van der Waals surface area contributed by atoms with Crippen molar-refractivity contribution in [3.8, 4) is 0 Å². The number of carbonyl (C=O) groups excluding carboxylic acids is 1. The molecule has 1 aromatic carbocycles. The molecule has 25 heavy (non-hydrogen) atoms. The van der Waals surface area contributed by atoms with Crippen molar-refractivity contribution in [1.29, 1.82) is 0 Å². The van der Waals surface area contributed by atoms with Crippen LogP contribution >= 0.6 is 15.9 Å². The Morgan fingerprint density at radius 2 is 2.04 bits per heavy atom. The summed E-state index contributed by atoms with van der Waals surface area (Å²) < 4.78 is 3.13. The van der Waals surface area contributed by atoms with Gasteiger partial charge in [0.1, 0.15) is 4.47 Å². The molecule has 0 atom stereocenters. The Labute approximate surface area is 151 Å². The first kappa shape index (κ1) is 17.0. The van der Waals surface area contributed by atoms with Gasteiger partial charge in [-0.25, -0.2) is 4.68 Å². The predicted octanol–water partition coefficient (Wildman–Crippen LogP) is 3.10. The van der Waals surface area contributed by atoms with Crippen molar-refractivity contribution < 1.29 is 9.72 Å². The molecule has 0 spiro atoms. The number of aryl methyl sites for hydroxylation is 2. The van der Waals surface area contributed by atoms with Gasteiger partial charge in [-0.15, -0.1) is 0 Å². The third-order valence-electron chi connectivity index (χ3n) is 3.59. The van der Waals surface area contributed by atoms with Crippen LogP contribution in [0.4, 0.5) is 5.82 Å². The fourth-order valence-corrected chi connectivity index (χ4v) is 3.00. The SMILES string of the molecule is Cc1cc(C)n(C(=O)c2cccc(Cn3cc(Br)c([N+](=O)[O-])n3)c2)n1. The highest BCUT2D eigenvalue weighted by Gasteiger charge is 2.19. The van der Waals surface area contributed by atoms with E-state index < -0.39 is 4.92 Å². The smallest absolute Gasteiger partial charge is 0.358 e. The minimum absolute atomic E-state index is 0.222. The monoisotopic (exact) mass is 403 g/mol. The zero-order valence-corrected chi connectivity index (χ0v) is 15.1. The Kier molecular flexibility index (Phi) is 4.49. The molecule has 0 radical (unpaired) electrons. The molecule has 0 saturated heterocycles. The molecule has 0 bridgehead atoms. The average molecular weight is 404 g/mol. The molecule has 0 aliphatic heterocycles. The lowest BCUT2D eigenvalue weighted by molar-refractivity contribution is -0.390. The largest absolute Gasteiger partial charge is 0.404 e. The van der Waals surface area contributed by atoms with Gasteiger partial charge >= 0.3 is 5.82 Å². The van der Waals surface area contributed by atoms with Crippen molar-refractivity contribution in [1.82, 2.24) is 19.6 Å². The molecule has 2 heterocycles. The Hall–Kier alpha value is -2.81. The van der Waals surface area contributed by atoms with Gasteiger partial charge in [0.05, 0.1) is 23.5 Å². The minimum Gasteiger partial charge on any atom is -0.358 e. The number of hydrogen-bond donors (Lipinski definition) is 0. The van der Waals surface area contributed by atoms with Crippen LogP contribution < -0.4 is 0 Å². The van der Waals surface area contributed by atoms with Crippen LogP contribution in [0.25, 0.3) is 0 Å². The van der Waals surface area contributed by atoms with E-state index in [9.17, 15) is 14.9 Å². The van der Waals surface area contributed by atoms with Crippen LogP contribution in [-0.2, 0) is 6.54 Å². The highest BCUT2D eigenvalue weighted by Crippen LogP contribution is 2.22. The summed E-state index contributed by atoms with van der Waals surface area (Å²) in [6.07, 6.45) is 1.54. The summed E-state index contributed by atoms with van der Waals surface area (Å²) >= 11 is 3.12. The van der Waals surface area contributed by atoms with E-state index in [-0.39, 0.29) is 11.7 Å². The van der Waals surface area contributed by atoms with Gasteiger partial charge < -0.3 is 10.1 Å². The van der Waals surface area contributed by atoms with E-state index >= 15 is 0 Å². The molecule has 3 rings (SSSR count). The van der Waals surface area contributed by atoms with Crippen LogP contribution in [0.1, 0.15) is 27.3 Å². The number of halogens is 1. The van der Waals surface area contributed by atoms with Crippen LogP contribution in [-0.4, -0.2) is 30.4 Å². The fourth-order valence-electron chi connectivity index (χ4n) is 2.54. The summed E-state index contributed by atoms with van der Waals surface area (Å²) in [7, 11) is 0. The maximum atomic E-state index is 12.6. The zero-order valence-electron chi connectivity index (χ0n) is 13.5. The number of nitrogens with zero attached hydrogens (tertiary/aromatic N) is 5. The molecule has 0 aliphatic rings. The number of nitro groups is 1. The van der Waals surface area contributed by atoms with Crippen LogP contribution in [0.5, 0.6) is 0 Å². The van der Waals surface area contributed by atoms with Crippen molar-refractivity contribution in [2.75, 3.05) is 0 Å². The van der Waals surface area contributed by atoms with E-state index in [1.165, 1.54) is 15.6 Å². The maximum Gasteiger partial charge on any atom is 0.404 e. The highest BCUT2D eigenvalue weighted by molar-refractivity contribution is 9.10. The summed E-state index contributed by atoms with van der Waals surface area (Å²) in [6, 6.07) is 8.88. The van der Waals surface area contributed by atoms with Crippen molar-refractivity contribution >= 4 is 27.7 Å². The zero-order chi connectivity index (χ0) is 18.1. The summed E-state index contributed by atoms with van der Waals surface area (Å²) in [5.74, 6) is -0.463. The van der Waals surface area contributed by atoms with Crippen molar-refractivity contribution in [3.05, 3.63) is 73.6 Å². The molecule has 0 N–H and O–H groups in total. The molecule has 0 unspecified atom stereocenters. The molecular formula is C16H14BrN5O3. The molecule has 128 valence electrons. The Bertz CT molecular complexity index is 976. The number of aromatic nitrogens is 4. The second-order valence-corrected chi connectivity index (χ2v) is 6.45. The van der Waals surface area contributed by atoms with Gasteiger partial charge in [-0.1, -0.05) is 12.1 Å². The highest BCUT2D eigenvalue weighted by atomic mass is 79.9. The third-order valence-corrected chi connectivity index (χ3v) is 4.15. The quantitative estimate of drug-likeness (QED) is 0.492. The molecule has 0 fully saturated rings. The molecule has 0 saturated carbocycles. The maximum absolute atomic E-state index is 12.6. The second-order valence-electron chi connectivity index (χ2n) is 5.60. The summed E-state index contributed by atoms with van der Waals surface area (Å²) in [4.78, 5) is 22.9. The van der Waals surface area contributed by atoms with Gasteiger partial charge in [-0.05, 0) is 58.5 Å². The fraction of sp³-hybridized carbons (Fsp3) is 0.188. The van der Waals surface area contributed by atoms with E-state index in [1.54, 1.807) is 18.2 Å². The van der Waals surface area contributed by atoms with Crippen LogP contribution in [0.3, 0.4) is 0 Å². The molecule has 9 heteroatoms. The van der Waals surface area contributed by atoms with Crippen molar-refractivity contribution in [3.63, 3.8) is 0 Å². The molecule has 8 nitrogen and oxygen atoms in total. The lowest BCUT2D eigenvalue weighted by atomic mass is 10.1. The summed E-state index contributed by atoms with van der Waals surface area (Å²) in [6.45, 7) is 3.96. The van der Waals surface area contributed by atoms with Crippen molar-refractivity contribution in [2.24, 2.45) is 0 Å². The standard InChI is InChI=1S/C16H14BrN5O3/c1-10-6-11(2)21(18-10)16(23)13-5-3-4-12(7-13)8-20-9-14(17)15(19-20)22(24)25/h3-7,9H,8H2,1-2H3. The van der Waals surface area contributed by atoms with Crippen LogP contribution in [0, 0.1) is 24.0 Å². The van der Waals surface area contributed by atoms with Gasteiger partial charge in [0, 0.05) is 11.3 Å². The average Bonchev–Trinajstić information content (AvgIpc) is 3.08. The molecule has 0 amide bonds. The number of rotatable bonds is 4. The van der Waals surface area contributed by atoms with E-state index in [2.05, 4.69) is 26.1 Å². The van der Waals surface area contributed by atoms with Gasteiger partial charge in [-0.2, -0.15) is 9.78 Å². The summed E-state index contributed by atoms with van der Waals surface area (Å²) in [5.41, 5.74) is 2.83. The van der Waals surface area contributed by atoms with E-state index in [0.717, 1.165) is 17.0 Å². The molecule has 3 aromatic rings. The van der Waals surface area contributed by atoms with Gasteiger partial charge in [-0.3, -0.25) is 4.79 Å². The predicted molar refractivity (Wildman–Crippen MR) is 93.6 cm³/mol. The Morgan fingerprint density at radius 3 is 2.64 bits per heavy atom. The number of carbonyl (C=O) groups is 1. The summed E-state index contributed by atoms with van der Waals surface area (Å²) in [5, 5.41) is 19.0. The van der Waals surface area contributed by atoms with E-state index in [0.29, 0.717) is 16.6 Å². The lowest BCUT2D eigenvalue weighted by Crippen LogP contribution is -2.15. The molecule has 0 aliphatic carbocycles. The van der Waals surface area contributed by atoms with E-state index in [4.69, 9.17) is 0 Å². The van der Waals surface area contributed by atoms with Gasteiger partial charge in [0.15, 0.2) is 0 Å². The van der Waals surface area contributed by atoms with Gasteiger partial charge in [0.2, 0.25) is 0 Å². The third kappa shape index (κ3) is 3.50. The Balaban J connectivity index is 1.87. The number of hydrogen-bond acceptors (Lipinski definition) is 5. The normalized spacial score (nSPS) is 10.8. The number of benzene rings is 1. The topological polar surface area (TPSA) is 95.8 Å². The molecular weight excluding hydrogens is 390 g/mol. The van der Waals surface area contributed by atoms with Crippen molar-refractivity contribution in [2.45, 2.75) is 20.4 Å². The van der Waals surface area contributed by atoms with Crippen LogP contribution in [0.15, 0.2) is 41.0 Å². The lowest BCUT2D eigenvalue weighted by Gasteiger charge is -2.05. The minimum atomic E-state index is -0.552. The first-order valence-electron chi connectivity index (χ1n) is 7.39. The Morgan fingerprint density at radius 1 is 1.28 bits per heavy atom. The first-order chi connectivity index (χ1) is 11.8. The van der Waals surface area contributed by atoms with E-state index in [1.807, 2.05) is 26.0 Å².